The normalized spacial score (nSPS) is 15.7. The molecule has 1 aliphatic carbocycles. The first-order valence-corrected chi connectivity index (χ1v) is 6.61. The van der Waals surface area contributed by atoms with Gasteiger partial charge in [-0.2, -0.15) is 0 Å². The Morgan fingerprint density at radius 3 is 3.10 bits per heavy atom. The van der Waals surface area contributed by atoms with Crippen molar-refractivity contribution >= 4 is 11.5 Å². The predicted octanol–water partition coefficient (Wildman–Crippen LogP) is 1.83. The van der Waals surface area contributed by atoms with Crippen LogP contribution in [0, 0.1) is 0 Å². The Morgan fingerprint density at radius 1 is 1.35 bits per heavy atom. The van der Waals surface area contributed by atoms with Crippen LogP contribution in [-0.4, -0.2) is 28.1 Å². The standard InChI is InChI=1S/C15H13N3O2/c1-20-15(19)11-4-2-3-9-5-6-10-8-18-12(7-16-17-18)14(10)13(9)11/h2-4,7H,5-6,8H2,1H3. The molecule has 0 atom stereocenters. The van der Waals surface area contributed by atoms with Crippen LogP contribution in [0.2, 0.25) is 0 Å². The Balaban J connectivity index is 1.99. The summed E-state index contributed by atoms with van der Waals surface area (Å²) in [4.78, 5) is 12.0. The summed E-state index contributed by atoms with van der Waals surface area (Å²) in [6, 6.07) is 5.83. The summed E-state index contributed by atoms with van der Waals surface area (Å²) in [5.74, 6) is -0.290. The molecule has 2 aliphatic rings. The van der Waals surface area contributed by atoms with Crippen LogP contribution in [0.25, 0.3) is 5.57 Å². The van der Waals surface area contributed by atoms with Crippen LogP contribution in [0.4, 0.5) is 0 Å². The number of esters is 1. The quantitative estimate of drug-likeness (QED) is 0.740. The van der Waals surface area contributed by atoms with Gasteiger partial charge in [-0.3, -0.25) is 0 Å². The molecule has 0 bridgehead atoms. The largest absolute Gasteiger partial charge is 0.465 e. The van der Waals surface area contributed by atoms with Gasteiger partial charge in [0.15, 0.2) is 0 Å². The number of fused-ring (bicyclic) bond motifs is 4. The van der Waals surface area contributed by atoms with E-state index in [0.29, 0.717) is 5.56 Å². The minimum Gasteiger partial charge on any atom is -0.465 e. The lowest BCUT2D eigenvalue weighted by molar-refractivity contribution is 0.0600. The molecule has 0 amide bonds. The summed E-state index contributed by atoms with van der Waals surface area (Å²) >= 11 is 0. The summed E-state index contributed by atoms with van der Waals surface area (Å²) in [6.45, 7) is 0.777. The molecule has 0 spiro atoms. The van der Waals surface area contributed by atoms with Crippen molar-refractivity contribution in [2.24, 2.45) is 0 Å². The summed E-state index contributed by atoms with van der Waals surface area (Å²) in [5.41, 5.74) is 6.28. The van der Waals surface area contributed by atoms with E-state index in [-0.39, 0.29) is 5.97 Å². The highest BCUT2D eigenvalue weighted by atomic mass is 16.5. The zero-order valence-corrected chi connectivity index (χ0v) is 11.1. The molecule has 1 aromatic heterocycles. The molecule has 20 heavy (non-hydrogen) atoms. The van der Waals surface area contributed by atoms with Crippen LogP contribution in [0.15, 0.2) is 30.0 Å². The van der Waals surface area contributed by atoms with Crippen molar-refractivity contribution in [1.29, 1.82) is 0 Å². The number of carbonyl (C=O) groups is 1. The van der Waals surface area contributed by atoms with E-state index in [2.05, 4.69) is 16.4 Å². The van der Waals surface area contributed by atoms with Crippen molar-refractivity contribution in [2.75, 3.05) is 7.11 Å². The van der Waals surface area contributed by atoms with Crippen LogP contribution >= 0.6 is 0 Å². The average molecular weight is 267 g/mol. The maximum Gasteiger partial charge on any atom is 0.338 e. The van der Waals surface area contributed by atoms with Crippen molar-refractivity contribution in [3.8, 4) is 0 Å². The maximum atomic E-state index is 12.0. The number of carbonyl (C=O) groups excluding carboxylic acids is 1. The Bertz CT molecular complexity index is 758. The number of aromatic nitrogens is 3. The van der Waals surface area contributed by atoms with Crippen LogP contribution in [0.3, 0.4) is 0 Å². The molecule has 5 heteroatoms. The summed E-state index contributed by atoms with van der Waals surface area (Å²) in [5, 5.41) is 8.06. The first-order valence-electron chi connectivity index (χ1n) is 6.61. The van der Waals surface area contributed by atoms with Gasteiger partial charge < -0.3 is 4.74 Å². The highest BCUT2D eigenvalue weighted by molar-refractivity contribution is 6.00. The van der Waals surface area contributed by atoms with Crippen LogP contribution < -0.4 is 0 Å². The van der Waals surface area contributed by atoms with Gasteiger partial charge in [-0.15, -0.1) is 5.10 Å². The molecule has 0 N–H and O–H groups in total. The third kappa shape index (κ3) is 1.40. The number of ether oxygens (including phenoxy) is 1. The third-order valence-corrected chi connectivity index (χ3v) is 4.07. The second-order valence-corrected chi connectivity index (χ2v) is 5.09. The molecule has 5 nitrogen and oxygen atoms in total. The fourth-order valence-corrected chi connectivity index (χ4v) is 3.19. The Labute approximate surface area is 115 Å². The van der Waals surface area contributed by atoms with E-state index in [1.54, 1.807) is 6.20 Å². The Morgan fingerprint density at radius 2 is 2.25 bits per heavy atom. The molecule has 2 aromatic rings. The van der Waals surface area contributed by atoms with E-state index >= 15 is 0 Å². The first-order chi connectivity index (χ1) is 9.79. The summed E-state index contributed by atoms with van der Waals surface area (Å²) < 4.78 is 6.82. The number of rotatable bonds is 1. The second-order valence-electron chi connectivity index (χ2n) is 5.09. The molecule has 0 radical (unpaired) electrons. The van der Waals surface area contributed by atoms with E-state index in [1.807, 2.05) is 16.8 Å². The van der Waals surface area contributed by atoms with E-state index < -0.39 is 0 Å². The van der Waals surface area contributed by atoms with Gasteiger partial charge in [0.05, 0.1) is 31.1 Å². The van der Waals surface area contributed by atoms with Gasteiger partial charge in [0, 0.05) is 11.1 Å². The van der Waals surface area contributed by atoms with Gasteiger partial charge in [0.2, 0.25) is 0 Å². The van der Waals surface area contributed by atoms with Gasteiger partial charge in [0.1, 0.15) is 0 Å². The molecular formula is C15H13N3O2. The van der Waals surface area contributed by atoms with Crippen molar-refractivity contribution in [2.45, 2.75) is 19.4 Å². The maximum absolute atomic E-state index is 12.0. The molecule has 2 heterocycles. The highest BCUT2D eigenvalue weighted by Gasteiger charge is 2.31. The lowest BCUT2D eigenvalue weighted by atomic mass is 9.83. The molecule has 100 valence electrons. The number of nitrogens with zero attached hydrogens (tertiary/aromatic N) is 3. The lowest BCUT2D eigenvalue weighted by Crippen LogP contribution is -2.11. The van der Waals surface area contributed by atoms with Crippen molar-refractivity contribution in [3.05, 3.63) is 52.4 Å². The number of allylic oxidation sites excluding steroid dienone is 1. The molecule has 0 unspecified atom stereocenters. The van der Waals surface area contributed by atoms with E-state index in [0.717, 1.165) is 36.2 Å². The van der Waals surface area contributed by atoms with E-state index in [9.17, 15) is 4.79 Å². The zero-order valence-electron chi connectivity index (χ0n) is 11.1. The average Bonchev–Trinajstić information content (AvgIpc) is 3.05. The fraction of sp³-hybridized carbons (Fsp3) is 0.267. The minimum atomic E-state index is -0.290. The number of aryl methyl sites for hydroxylation is 1. The topological polar surface area (TPSA) is 57.0 Å². The lowest BCUT2D eigenvalue weighted by Gasteiger charge is -2.20. The van der Waals surface area contributed by atoms with Crippen LogP contribution in [0.5, 0.6) is 0 Å². The van der Waals surface area contributed by atoms with Gasteiger partial charge >= 0.3 is 5.97 Å². The minimum absolute atomic E-state index is 0.290. The fourth-order valence-electron chi connectivity index (χ4n) is 3.19. The molecular weight excluding hydrogens is 254 g/mol. The molecule has 0 fully saturated rings. The van der Waals surface area contributed by atoms with Crippen molar-refractivity contribution < 1.29 is 9.53 Å². The van der Waals surface area contributed by atoms with Crippen molar-refractivity contribution in [1.82, 2.24) is 15.0 Å². The molecule has 1 aromatic carbocycles. The number of methoxy groups -OCH3 is 1. The Kier molecular flexibility index (Phi) is 2.30. The van der Waals surface area contributed by atoms with Gasteiger partial charge in [-0.25, -0.2) is 9.48 Å². The molecule has 0 saturated carbocycles. The molecule has 0 saturated heterocycles. The smallest absolute Gasteiger partial charge is 0.338 e. The third-order valence-electron chi connectivity index (χ3n) is 4.07. The van der Waals surface area contributed by atoms with Crippen LogP contribution in [-0.2, 0) is 17.7 Å². The Hall–Kier alpha value is -2.43. The second kappa shape index (κ2) is 4.03. The number of hydrogen-bond donors (Lipinski definition) is 0. The van der Waals surface area contributed by atoms with Gasteiger partial charge in [0.25, 0.3) is 0 Å². The molecule has 1 aliphatic heterocycles. The summed E-state index contributed by atoms with van der Waals surface area (Å²) in [6.07, 6.45) is 3.74. The zero-order chi connectivity index (χ0) is 13.7. The number of benzene rings is 1. The first kappa shape index (κ1) is 11.4. The monoisotopic (exact) mass is 267 g/mol. The highest BCUT2D eigenvalue weighted by Crippen LogP contribution is 2.41. The van der Waals surface area contributed by atoms with Gasteiger partial charge in [-0.05, 0) is 30.0 Å². The predicted molar refractivity (Wildman–Crippen MR) is 72.1 cm³/mol. The number of hydrogen-bond acceptors (Lipinski definition) is 4. The summed E-state index contributed by atoms with van der Waals surface area (Å²) in [7, 11) is 1.42. The molecule has 4 rings (SSSR count). The van der Waals surface area contributed by atoms with Crippen molar-refractivity contribution in [3.63, 3.8) is 0 Å². The van der Waals surface area contributed by atoms with Crippen LogP contribution in [0.1, 0.15) is 33.6 Å². The van der Waals surface area contributed by atoms with Gasteiger partial charge in [-0.1, -0.05) is 17.3 Å². The van der Waals surface area contributed by atoms with E-state index in [1.165, 1.54) is 18.2 Å². The van der Waals surface area contributed by atoms with E-state index in [4.69, 9.17) is 4.74 Å². The SMILES string of the molecule is COC(=O)c1cccc2c1C1=C(CC2)Cn2nncc21.